The topological polar surface area (TPSA) is 59.5 Å². The second kappa shape index (κ2) is 8.04. The maximum Gasteiger partial charge on any atom is 0.150 e. The van der Waals surface area contributed by atoms with Crippen LogP contribution < -0.4 is 5.32 Å². The van der Waals surface area contributed by atoms with Crippen molar-refractivity contribution in [2.45, 2.75) is 38.8 Å². The molecule has 0 aromatic carbocycles. The zero-order valence-electron chi connectivity index (χ0n) is 14.2. The van der Waals surface area contributed by atoms with Crippen LogP contribution in [0.15, 0.2) is 12.3 Å². The third-order valence-electron chi connectivity index (χ3n) is 4.48. The van der Waals surface area contributed by atoms with Crippen LogP contribution in [0.1, 0.15) is 38.6 Å². The Bertz CT molecular complexity index is 491. The Hall–Kier alpha value is -1.24. The lowest BCUT2D eigenvalue weighted by Crippen LogP contribution is -2.43. The summed E-state index contributed by atoms with van der Waals surface area (Å²) in [4.78, 5) is 11.7. The van der Waals surface area contributed by atoms with Crippen molar-refractivity contribution < 1.29 is 9.47 Å². The molecule has 6 heteroatoms. The molecule has 1 N–H and O–H groups in total. The van der Waals surface area contributed by atoms with E-state index in [0.717, 1.165) is 57.4 Å². The van der Waals surface area contributed by atoms with Crippen LogP contribution in [0, 0.1) is 5.92 Å². The Labute approximate surface area is 138 Å². The van der Waals surface area contributed by atoms with Crippen molar-refractivity contribution in [2.24, 2.45) is 5.92 Å². The van der Waals surface area contributed by atoms with E-state index in [1.807, 2.05) is 12.3 Å². The number of nitrogens with one attached hydrogen (secondary N) is 1. The van der Waals surface area contributed by atoms with Gasteiger partial charge in [-0.3, -0.25) is 4.90 Å². The first-order chi connectivity index (χ1) is 11.2. The third-order valence-corrected chi connectivity index (χ3v) is 4.48. The average molecular weight is 320 g/mol. The van der Waals surface area contributed by atoms with E-state index in [-0.39, 0.29) is 6.04 Å². The van der Waals surface area contributed by atoms with Crippen molar-refractivity contribution in [3.8, 4) is 0 Å². The normalized spacial score (nSPS) is 24.0. The second-order valence-electron chi connectivity index (χ2n) is 6.74. The van der Waals surface area contributed by atoms with Crippen molar-refractivity contribution >= 4 is 5.82 Å². The standard InChI is InChI=1S/C17H28N4O2/c1-13(2)19-16-3-6-18-17(20-16)15-12-23-10-7-21(15)11-14-4-8-22-9-5-14/h3,6,13-15H,4-5,7-12H2,1-2H3,(H,18,19,20)/t15-/m1/s1. The van der Waals surface area contributed by atoms with Gasteiger partial charge >= 0.3 is 0 Å². The number of anilines is 1. The lowest BCUT2D eigenvalue weighted by atomic mass is 9.98. The van der Waals surface area contributed by atoms with Crippen LogP contribution in [-0.4, -0.2) is 60.4 Å². The zero-order valence-corrected chi connectivity index (χ0v) is 14.2. The first-order valence-corrected chi connectivity index (χ1v) is 8.71. The molecule has 0 spiro atoms. The first kappa shape index (κ1) is 16.6. The first-order valence-electron chi connectivity index (χ1n) is 8.71. The molecule has 3 rings (SSSR count). The van der Waals surface area contributed by atoms with Gasteiger partial charge in [0.25, 0.3) is 0 Å². The molecule has 128 valence electrons. The van der Waals surface area contributed by atoms with Crippen LogP contribution in [0.5, 0.6) is 0 Å². The predicted octanol–water partition coefficient (Wildman–Crippen LogP) is 2.10. The van der Waals surface area contributed by atoms with E-state index in [0.29, 0.717) is 18.6 Å². The molecule has 2 aliphatic heterocycles. The van der Waals surface area contributed by atoms with E-state index in [9.17, 15) is 0 Å². The van der Waals surface area contributed by atoms with Crippen LogP contribution in [0.4, 0.5) is 5.82 Å². The SMILES string of the molecule is CC(C)Nc1ccnc([C@H]2COCCN2CC2CCOCC2)n1. The second-order valence-corrected chi connectivity index (χ2v) is 6.74. The van der Waals surface area contributed by atoms with Gasteiger partial charge in [-0.25, -0.2) is 9.97 Å². The molecule has 0 amide bonds. The highest BCUT2D eigenvalue weighted by atomic mass is 16.5. The molecule has 0 unspecified atom stereocenters. The molecule has 1 aromatic rings. The quantitative estimate of drug-likeness (QED) is 0.896. The minimum absolute atomic E-state index is 0.153. The van der Waals surface area contributed by atoms with Gasteiger partial charge in [-0.15, -0.1) is 0 Å². The van der Waals surface area contributed by atoms with Gasteiger partial charge in [0.15, 0.2) is 0 Å². The lowest BCUT2D eigenvalue weighted by molar-refractivity contribution is -0.0295. The maximum absolute atomic E-state index is 5.71. The van der Waals surface area contributed by atoms with Gasteiger partial charge in [0.2, 0.25) is 0 Å². The highest BCUT2D eigenvalue weighted by Gasteiger charge is 2.29. The lowest BCUT2D eigenvalue weighted by Gasteiger charge is -2.37. The molecule has 3 heterocycles. The third kappa shape index (κ3) is 4.62. The summed E-state index contributed by atoms with van der Waals surface area (Å²) >= 11 is 0. The highest BCUT2D eigenvalue weighted by molar-refractivity contribution is 5.34. The Morgan fingerprint density at radius 2 is 2.09 bits per heavy atom. The molecule has 23 heavy (non-hydrogen) atoms. The minimum atomic E-state index is 0.153. The van der Waals surface area contributed by atoms with Crippen molar-refractivity contribution in [3.63, 3.8) is 0 Å². The van der Waals surface area contributed by atoms with Crippen LogP contribution in [-0.2, 0) is 9.47 Å². The molecule has 2 fully saturated rings. The van der Waals surface area contributed by atoms with E-state index in [1.165, 1.54) is 0 Å². The fourth-order valence-corrected chi connectivity index (χ4v) is 3.27. The maximum atomic E-state index is 5.71. The molecule has 2 aliphatic rings. The molecule has 2 saturated heterocycles. The fourth-order valence-electron chi connectivity index (χ4n) is 3.27. The molecule has 6 nitrogen and oxygen atoms in total. The number of hydrogen-bond acceptors (Lipinski definition) is 6. The van der Waals surface area contributed by atoms with Crippen molar-refractivity contribution in [1.29, 1.82) is 0 Å². The van der Waals surface area contributed by atoms with Crippen LogP contribution in [0.25, 0.3) is 0 Å². The van der Waals surface area contributed by atoms with Crippen LogP contribution >= 0.6 is 0 Å². The van der Waals surface area contributed by atoms with Gasteiger partial charge in [0, 0.05) is 38.5 Å². The number of rotatable bonds is 5. The molecule has 1 aromatic heterocycles. The molecular formula is C17H28N4O2. The van der Waals surface area contributed by atoms with E-state index in [2.05, 4.69) is 29.0 Å². The van der Waals surface area contributed by atoms with Crippen molar-refractivity contribution in [3.05, 3.63) is 18.1 Å². The molecular weight excluding hydrogens is 292 g/mol. The average Bonchev–Trinajstić information content (AvgIpc) is 2.56. The summed E-state index contributed by atoms with van der Waals surface area (Å²) in [5.74, 6) is 2.46. The fraction of sp³-hybridized carbons (Fsp3) is 0.765. The van der Waals surface area contributed by atoms with Crippen LogP contribution in [0.3, 0.4) is 0 Å². The van der Waals surface area contributed by atoms with Crippen LogP contribution in [0.2, 0.25) is 0 Å². The number of nitrogens with zero attached hydrogens (tertiary/aromatic N) is 3. The summed E-state index contributed by atoms with van der Waals surface area (Å²) in [6, 6.07) is 2.44. The highest BCUT2D eigenvalue weighted by Crippen LogP contribution is 2.26. The number of hydrogen-bond donors (Lipinski definition) is 1. The van der Waals surface area contributed by atoms with Gasteiger partial charge in [-0.2, -0.15) is 0 Å². The Morgan fingerprint density at radius 1 is 1.26 bits per heavy atom. The molecule has 0 saturated carbocycles. The largest absolute Gasteiger partial charge is 0.381 e. The van der Waals surface area contributed by atoms with Crippen molar-refractivity contribution in [1.82, 2.24) is 14.9 Å². The molecule has 0 bridgehead atoms. The molecule has 1 atom stereocenters. The number of morpholine rings is 1. The van der Waals surface area contributed by atoms with Gasteiger partial charge < -0.3 is 14.8 Å². The Kier molecular flexibility index (Phi) is 5.80. The van der Waals surface area contributed by atoms with E-state index in [1.54, 1.807) is 0 Å². The summed E-state index contributed by atoms with van der Waals surface area (Å²) in [6.45, 7) is 9.52. The Morgan fingerprint density at radius 3 is 2.87 bits per heavy atom. The molecule has 0 radical (unpaired) electrons. The zero-order chi connectivity index (χ0) is 16.1. The summed E-state index contributed by atoms with van der Waals surface area (Å²) < 4.78 is 11.2. The molecule has 0 aliphatic carbocycles. The van der Waals surface area contributed by atoms with E-state index < -0.39 is 0 Å². The summed E-state index contributed by atoms with van der Waals surface area (Å²) in [5, 5.41) is 3.35. The number of ether oxygens (including phenoxy) is 2. The summed E-state index contributed by atoms with van der Waals surface area (Å²) in [6.07, 6.45) is 4.15. The smallest absolute Gasteiger partial charge is 0.150 e. The van der Waals surface area contributed by atoms with E-state index in [4.69, 9.17) is 14.5 Å². The van der Waals surface area contributed by atoms with E-state index >= 15 is 0 Å². The van der Waals surface area contributed by atoms with Gasteiger partial charge in [0.05, 0.1) is 19.3 Å². The summed E-state index contributed by atoms with van der Waals surface area (Å²) in [5.41, 5.74) is 0. The van der Waals surface area contributed by atoms with Gasteiger partial charge in [0.1, 0.15) is 11.6 Å². The predicted molar refractivity (Wildman–Crippen MR) is 89.5 cm³/mol. The van der Waals surface area contributed by atoms with Crippen molar-refractivity contribution in [2.75, 3.05) is 44.8 Å². The monoisotopic (exact) mass is 320 g/mol. The van der Waals surface area contributed by atoms with Gasteiger partial charge in [-0.1, -0.05) is 0 Å². The minimum Gasteiger partial charge on any atom is -0.381 e. The summed E-state index contributed by atoms with van der Waals surface area (Å²) in [7, 11) is 0. The number of aromatic nitrogens is 2. The Balaban J connectivity index is 1.70. The van der Waals surface area contributed by atoms with Gasteiger partial charge in [-0.05, 0) is 38.7 Å².